The molecule has 1 atom stereocenters. The van der Waals surface area contributed by atoms with E-state index in [-0.39, 0.29) is 0 Å². The second kappa shape index (κ2) is 6.99. The molecule has 3 heteroatoms. The molecule has 0 aliphatic heterocycles. The molecule has 0 spiro atoms. The van der Waals surface area contributed by atoms with Crippen molar-refractivity contribution in [2.45, 2.75) is 71.3 Å². The highest BCUT2D eigenvalue weighted by Gasteiger charge is 2.22. The Labute approximate surface area is 117 Å². The zero-order chi connectivity index (χ0) is 13.7. The number of fused-ring (bicyclic) bond motifs is 1. The molecule has 0 radical (unpaired) electrons. The number of aromatic nitrogens is 2. The molecule has 106 valence electrons. The SMILES string of the molecule is CCCNC1CCCc2nc(C(CC)CC)ncc21. The summed E-state index contributed by atoms with van der Waals surface area (Å²) in [5.41, 5.74) is 2.63. The Morgan fingerprint density at radius 3 is 2.79 bits per heavy atom. The van der Waals surface area contributed by atoms with Crippen LogP contribution in [0.2, 0.25) is 0 Å². The topological polar surface area (TPSA) is 37.8 Å². The maximum absolute atomic E-state index is 4.86. The number of hydrogen-bond acceptors (Lipinski definition) is 3. The van der Waals surface area contributed by atoms with E-state index in [2.05, 4.69) is 37.3 Å². The Balaban J connectivity index is 2.20. The Morgan fingerprint density at radius 1 is 1.32 bits per heavy atom. The van der Waals surface area contributed by atoms with Crippen LogP contribution in [0.15, 0.2) is 6.20 Å². The van der Waals surface area contributed by atoms with Crippen molar-refractivity contribution < 1.29 is 0 Å². The molecule has 1 unspecified atom stereocenters. The molecule has 19 heavy (non-hydrogen) atoms. The van der Waals surface area contributed by atoms with Crippen LogP contribution in [-0.4, -0.2) is 16.5 Å². The van der Waals surface area contributed by atoms with E-state index in [9.17, 15) is 0 Å². The van der Waals surface area contributed by atoms with Crippen LogP contribution >= 0.6 is 0 Å². The molecule has 1 aliphatic carbocycles. The van der Waals surface area contributed by atoms with E-state index in [0.29, 0.717) is 12.0 Å². The van der Waals surface area contributed by atoms with Crippen molar-refractivity contribution in [2.24, 2.45) is 0 Å². The lowest BCUT2D eigenvalue weighted by Gasteiger charge is -2.26. The molecule has 0 bridgehead atoms. The minimum atomic E-state index is 0.472. The molecule has 0 aromatic carbocycles. The van der Waals surface area contributed by atoms with Gasteiger partial charge in [0.2, 0.25) is 0 Å². The first kappa shape index (κ1) is 14.4. The predicted molar refractivity (Wildman–Crippen MR) is 79.3 cm³/mol. The molecule has 2 rings (SSSR count). The van der Waals surface area contributed by atoms with E-state index in [1.165, 1.54) is 30.5 Å². The third kappa shape index (κ3) is 3.33. The first-order valence-corrected chi connectivity index (χ1v) is 7.89. The Morgan fingerprint density at radius 2 is 2.11 bits per heavy atom. The second-order valence-electron chi connectivity index (χ2n) is 5.54. The minimum absolute atomic E-state index is 0.472. The van der Waals surface area contributed by atoms with Gasteiger partial charge in [0.1, 0.15) is 5.82 Å². The molecule has 0 fully saturated rings. The maximum Gasteiger partial charge on any atom is 0.131 e. The van der Waals surface area contributed by atoms with Crippen LogP contribution in [0.3, 0.4) is 0 Å². The van der Waals surface area contributed by atoms with E-state index >= 15 is 0 Å². The first-order valence-electron chi connectivity index (χ1n) is 7.89. The summed E-state index contributed by atoms with van der Waals surface area (Å²) in [7, 11) is 0. The second-order valence-corrected chi connectivity index (χ2v) is 5.54. The van der Waals surface area contributed by atoms with Crippen molar-refractivity contribution in [1.82, 2.24) is 15.3 Å². The van der Waals surface area contributed by atoms with Crippen molar-refractivity contribution in [3.8, 4) is 0 Å². The fourth-order valence-electron chi connectivity index (χ4n) is 2.94. The zero-order valence-corrected chi connectivity index (χ0v) is 12.6. The van der Waals surface area contributed by atoms with E-state index in [1.54, 1.807) is 0 Å². The van der Waals surface area contributed by atoms with Crippen LogP contribution in [-0.2, 0) is 6.42 Å². The number of nitrogens with one attached hydrogen (secondary N) is 1. The Hall–Kier alpha value is -0.960. The summed E-state index contributed by atoms with van der Waals surface area (Å²) in [6.45, 7) is 7.74. The number of aryl methyl sites for hydroxylation is 1. The average Bonchev–Trinajstić information content (AvgIpc) is 2.46. The van der Waals surface area contributed by atoms with E-state index < -0.39 is 0 Å². The van der Waals surface area contributed by atoms with Crippen LogP contribution in [0.5, 0.6) is 0 Å². The van der Waals surface area contributed by atoms with Gasteiger partial charge in [-0.3, -0.25) is 0 Å². The van der Waals surface area contributed by atoms with Gasteiger partial charge in [-0.15, -0.1) is 0 Å². The van der Waals surface area contributed by atoms with Gasteiger partial charge in [-0.05, 0) is 45.1 Å². The van der Waals surface area contributed by atoms with Gasteiger partial charge in [0.25, 0.3) is 0 Å². The summed E-state index contributed by atoms with van der Waals surface area (Å²) in [5.74, 6) is 1.58. The lowest BCUT2D eigenvalue weighted by atomic mass is 9.91. The van der Waals surface area contributed by atoms with E-state index in [4.69, 9.17) is 4.98 Å². The monoisotopic (exact) mass is 261 g/mol. The summed E-state index contributed by atoms with van der Waals surface area (Å²) >= 11 is 0. The molecule has 1 aromatic heterocycles. The van der Waals surface area contributed by atoms with Gasteiger partial charge in [-0.1, -0.05) is 20.8 Å². The van der Waals surface area contributed by atoms with Gasteiger partial charge in [-0.2, -0.15) is 0 Å². The summed E-state index contributed by atoms with van der Waals surface area (Å²) in [6.07, 6.45) is 9.12. The molecule has 1 aromatic rings. The quantitative estimate of drug-likeness (QED) is 0.847. The number of hydrogen-bond donors (Lipinski definition) is 1. The van der Waals surface area contributed by atoms with Crippen LogP contribution in [0.25, 0.3) is 0 Å². The van der Waals surface area contributed by atoms with Crippen LogP contribution in [0, 0.1) is 0 Å². The van der Waals surface area contributed by atoms with Gasteiger partial charge in [0.15, 0.2) is 0 Å². The van der Waals surface area contributed by atoms with E-state index in [1.807, 2.05) is 0 Å². The zero-order valence-electron chi connectivity index (χ0n) is 12.6. The minimum Gasteiger partial charge on any atom is -0.310 e. The molecule has 1 heterocycles. The Bertz CT molecular complexity index is 399. The highest BCUT2D eigenvalue weighted by molar-refractivity contribution is 5.25. The predicted octanol–water partition coefficient (Wildman–Crippen LogP) is 3.76. The van der Waals surface area contributed by atoms with Crippen molar-refractivity contribution in [1.29, 1.82) is 0 Å². The molecule has 1 N–H and O–H groups in total. The highest BCUT2D eigenvalue weighted by Crippen LogP contribution is 2.29. The standard InChI is InChI=1S/C16H27N3/c1-4-10-17-14-8-7-9-15-13(14)11-18-16(19-15)12(5-2)6-3/h11-12,14,17H,4-10H2,1-3H3. The summed E-state index contributed by atoms with van der Waals surface area (Å²) < 4.78 is 0. The summed E-state index contributed by atoms with van der Waals surface area (Å²) in [6, 6.07) is 0.472. The van der Waals surface area contributed by atoms with Crippen molar-refractivity contribution in [3.63, 3.8) is 0 Å². The molecule has 0 saturated carbocycles. The van der Waals surface area contributed by atoms with Crippen molar-refractivity contribution >= 4 is 0 Å². The van der Waals surface area contributed by atoms with E-state index in [0.717, 1.165) is 31.6 Å². The maximum atomic E-state index is 4.86. The number of rotatable bonds is 6. The largest absolute Gasteiger partial charge is 0.310 e. The number of nitrogens with zero attached hydrogens (tertiary/aromatic N) is 2. The van der Waals surface area contributed by atoms with Gasteiger partial charge in [0, 0.05) is 29.4 Å². The highest BCUT2D eigenvalue weighted by atomic mass is 14.9. The molecule has 1 aliphatic rings. The molecule has 0 saturated heterocycles. The average molecular weight is 261 g/mol. The van der Waals surface area contributed by atoms with Crippen LogP contribution in [0.1, 0.15) is 81.9 Å². The van der Waals surface area contributed by atoms with Crippen molar-refractivity contribution in [2.75, 3.05) is 6.54 Å². The van der Waals surface area contributed by atoms with Gasteiger partial charge < -0.3 is 5.32 Å². The molecule has 0 amide bonds. The first-order chi connectivity index (χ1) is 9.30. The Kier molecular flexibility index (Phi) is 5.32. The smallest absolute Gasteiger partial charge is 0.131 e. The summed E-state index contributed by atoms with van der Waals surface area (Å²) in [5, 5.41) is 3.62. The fraction of sp³-hybridized carbons (Fsp3) is 0.750. The lowest BCUT2D eigenvalue weighted by molar-refractivity contribution is 0.449. The third-order valence-electron chi connectivity index (χ3n) is 4.19. The van der Waals surface area contributed by atoms with Gasteiger partial charge in [-0.25, -0.2) is 9.97 Å². The third-order valence-corrected chi connectivity index (χ3v) is 4.19. The molecular weight excluding hydrogens is 234 g/mol. The van der Waals surface area contributed by atoms with Gasteiger partial charge in [0.05, 0.1) is 0 Å². The fourth-order valence-corrected chi connectivity index (χ4v) is 2.94. The van der Waals surface area contributed by atoms with Crippen molar-refractivity contribution in [3.05, 3.63) is 23.3 Å². The lowest BCUT2D eigenvalue weighted by Crippen LogP contribution is -2.27. The van der Waals surface area contributed by atoms with Crippen LogP contribution < -0.4 is 5.32 Å². The molecule has 3 nitrogen and oxygen atoms in total. The normalized spacial score (nSPS) is 18.6. The van der Waals surface area contributed by atoms with Crippen LogP contribution in [0.4, 0.5) is 0 Å². The molecular formula is C16H27N3. The van der Waals surface area contributed by atoms with Gasteiger partial charge >= 0.3 is 0 Å². The summed E-state index contributed by atoms with van der Waals surface area (Å²) in [4.78, 5) is 9.50.